The monoisotopic (exact) mass is 259 g/mol. The van der Waals surface area contributed by atoms with Crippen LogP contribution < -0.4 is 5.32 Å². The number of carbonyl (C=O) groups is 1. The number of amides is 1. The third-order valence-electron chi connectivity index (χ3n) is 2.78. The van der Waals surface area contributed by atoms with Crippen LogP contribution in [-0.4, -0.2) is 32.3 Å². The smallest absolute Gasteiger partial charge is 0.273 e. The lowest BCUT2D eigenvalue weighted by Crippen LogP contribution is -2.34. The molecule has 100 valence electrons. The molecular formula is C13H17N5O. The Morgan fingerprint density at radius 3 is 2.79 bits per heavy atom. The topological polar surface area (TPSA) is 83.6 Å². The Kier molecular flexibility index (Phi) is 3.89. The lowest BCUT2D eigenvalue weighted by atomic mass is 10.1. The fourth-order valence-electron chi connectivity index (χ4n) is 1.87. The molecule has 6 nitrogen and oxygen atoms in total. The second kappa shape index (κ2) is 5.60. The average Bonchev–Trinajstić information content (AvgIpc) is 2.75. The molecule has 1 amide bonds. The Balaban J connectivity index is 1.96. The highest BCUT2D eigenvalue weighted by Gasteiger charge is 2.15. The van der Waals surface area contributed by atoms with Crippen molar-refractivity contribution in [1.82, 2.24) is 25.7 Å². The molecule has 0 aliphatic heterocycles. The molecule has 2 aromatic rings. The van der Waals surface area contributed by atoms with E-state index in [0.29, 0.717) is 17.8 Å². The van der Waals surface area contributed by atoms with E-state index in [1.54, 1.807) is 6.92 Å². The zero-order chi connectivity index (χ0) is 13.8. The molecule has 2 aromatic heterocycles. The highest BCUT2D eigenvalue weighted by Crippen LogP contribution is 2.04. The van der Waals surface area contributed by atoms with Crippen molar-refractivity contribution in [2.75, 3.05) is 0 Å². The molecule has 2 heterocycles. The lowest BCUT2D eigenvalue weighted by molar-refractivity contribution is 0.0934. The number of H-pyrrole nitrogens is 1. The molecule has 0 radical (unpaired) electrons. The van der Waals surface area contributed by atoms with Crippen LogP contribution in [0.5, 0.6) is 0 Å². The Morgan fingerprint density at radius 1 is 1.37 bits per heavy atom. The first-order chi connectivity index (χ1) is 9.06. The minimum atomic E-state index is -0.216. The number of carbonyl (C=O) groups excluding carboxylic acids is 1. The highest BCUT2D eigenvalue weighted by atomic mass is 16.2. The van der Waals surface area contributed by atoms with E-state index in [0.717, 1.165) is 11.4 Å². The molecule has 0 spiro atoms. The summed E-state index contributed by atoms with van der Waals surface area (Å²) in [4.78, 5) is 16.4. The summed E-state index contributed by atoms with van der Waals surface area (Å²) in [5.41, 5.74) is 2.87. The van der Waals surface area contributed by atoms with E-state index in [-0.39, 0.29) is 11.9 Å². The molecule has 0 fully saturated rings. The molecule has 0 bridgehead atoms. The molecule has 0 unspecified atom stereocenters. The quantitative estimate of drug-likeness (QED) is 0.863. The van der Waals surface area contributed by atoms with Crippen molar-refractivity contribution >= 4 is 5.91 Å². The van der Waals surface area contributed by atoms with E-state index < -0.39 is 0 Å². The summed E-state index contributed by atoms with van der Waals surface area (Å²) in [7, 11) is 0. The van der Waals surface area contributed by atoms with Crippen LogP contribution in [0.2, 0.25) is 0 Å². The number of aromatic amines is 1. The standard InChI is InChI=1S/C13H17N5O/c1-8-5-4-6-11(14-8)7-9(2)15-13(19)12-10(3)16-18-17-12/h4-6,9H,7H2,1-3H3,(H,15,19)(H,16,17,18)/t9-/m1/s1. The van der Waals surface area contributed by atoms with Crippen molar-refractivity contribution in [3.63, 3.8) is 0 Å². The van der Waals surface area contributed by atoms with Crippen LogP contribution in [0.1, 0.15) is 34.5 Å². The van der Waals surface area contributed by atoms with Gasteiger partial charge >= 0.3 is 0 Å². The zero-order valence-electron chi connectivity index (χ0n) is 11.3. The van der Waals surface area contributed by atoms with Crippen LogP contribution >= 0.6 is 0 Å². The summed E-state index contributed by atoms with van der Waals surface area (Å²) in [5, 5.41) is 13.0. The van der Waals surface area contributed by atoms with Gasteiger partial charge in [-0.05, 0) is 32.9 Å². The summed E-state index contributed by atoms with van der Waals surface area (Å²) < 4.78 is 0. The number of nitrogens with one attached hydrogen (secondary N) is 2. The van der Waals surface area contributed by atoms with Crippen molar-refractivity contribution in [3.05, 3.63) is 41.0 Å². The van der Waals surface area contributed by atoms with Crippen molar-refractivity contribution in [2.45, 2.75) is 33.2 Å². The van der Waals surface area contributed by atoms with Gasteiger partial charge in [-0.25, -0.2) is 0 Å². The largest absolute Gasteiger partial charge is 0.348 e. The van der Waals surface area contributed by atoms with E-state index in [4.69, 9.17) is 0 Å². The van der Waals surface area contributed by atoms with Gasteiger partial charge in [0.1, 0.15) is 0 Å². The highest BCUT2D eigenvalue weighted by molar-refractivity contribution is 5.93. The minimum absolute atomic E-state index is 0.0158. The van der Waals surface area contributed by atoms with Crippen molar-refractivity contribution in [1.29, 1.82) is 0 Å². The summed E-state index contributed by atoms with van der Waals surface area (Å²) >= 11 is 0. The van der Waals surface area contributed by atoms with Crippen LogP contribution in [0.15, 0.2) is 18.2 Å². The summed E-state index contributed by atoms with van der Waals surface area (Å²) in [6.07, 6.45) is 0.685. The fraction of sp³-hybridized carbons (Fsp3) is 0.385. The fourth-order valence-corrected chi connectivity index (χ4v) is 1.87. The maximum atomic E-state index is 11.9. The van der Waals surface area contributed by atoms with Gasteiger partial charge in [0.25, 0.3) is 5.91 Å². The second-order valence-corrected chi connectivity index (χ2v) is 4.61. The molecule has 2 rings (SSSR count). The normalized spacial score (nSPS) is 12.2. The second-order valence-electron chi connectivity index (χ2n) is 4.61. The van der Waals surface area contributed by atoms with Gasteiger partial charge in [-0.1, -0.05) is 6.07 Å². The third-order valence-corrected chi connectivity index (χ3v) is 2.78. The summed E-state index contributed by atoms with van der Waals surface area (Å²) in [6.45, 7) is 5.63. The molecule has 0 aromatic carbocycles. The van der Waals surface area contributed by atoms with E-state index in [2.05, 4.69) is 25.7 Å². The van der Waals surface area contributed by atoms with E-state index >= 15 is 0 Å². The van der Waals surface area contributed by atoms with Gasteiger partial charge in [-0.15, -0.1) is 0 Å². The van der Waals surface area contributed by atoms with Crippen LogP contribution in [-0.2, 0) is 6.42 Å². The lowest BCUT2D eigenvalue weighted by Gasteiger charge is -2.12. The zero-order valence-corrected chi connectivity index (χ0v) is 11.3. The first-order valence-electron chi connectivity index (χ1n) is 6.17. The van der Waals surface area contributed by atoms with Crippen LogP contribution in [0, 0.1) is 13.8 Å². The van der Waals surface area contributed by atoms with Crippen LogP contribution in [0.3, 0.4) is 0 Å². The number of hydrogen-bond acceptors (Lipinski definition) is 4. The van der Waals surface area contributed by atoms with Crippen LogP contribution in [0.25, 0.3) is 0 Å². The summed E-state index contributed by atoms with van der Waals surface area (Å²) in [6, 6.07) is 5.86. The predicted molar refractivity (Wildman–Crippen MR) is 70.7 cm³/mol. The molecule has 2 N–H and O–H groups in total. The van der Waals surface area contributed by atoms with Gasteiger partial charge in [0, 0.05) is 23.9 Å². The molecule has 19 heavy (non-hydrogen) atoms. The van der Waals surface area contributed by atoms with Gasteiger partial charge in [0.05, 0.1) is 5.69 Å². The van der Waals surface area contributed by atoms with Gasteiger partial charge in [0.15, 0.2) is 5.69 Å². The van der Waals surface area contributed by atoms with E-state index in [1.807, 2.05) is 32.0 Å². The predicted octanol–water partition coefficient (Wildman–Crippen LogP) is 1.18. The average molecular weight is 259 g/mol. The van der Waals surface area contributed by atoms with Crippen molar-refractivity contribution in [3.8, 4) is 0 Å². The van der Waals surface area contributed by atoms with Gasteiger partial charge in [0.2, 0.25) is 0 Å². The van der Waals surface area contributed by atoms with E-state index in [9.17, 15) is 4.79 Å². The number of aryl methyl sites for hydroxylation is 2. The Hall–Kier alpha value is -2.24. The minimum Gasteiger partial charge on any atom is -0.348 e. The van der Waals surface area contributed by atoms with Crippen molar-refractivity contribution < 1.29 is 4.79 Å². The molecule has 1 atom stereocenters. The maximum absolute atomic E-state index is 11.9. The van der Waals surface area contributed by atoms with Gasteiger partial charge in [-0.3, -0.25) is 9.78 Å². The SMILES string of the molecule is Cc1cccc(C[C@@H](C)NC(=O)c2n[nH]nc2C)n1. The molecular weight excluding hydrogens is 242 g/mol. The van der Waals surface area contributed by atoms with Crippen LogP contribution in [0.4, 0.5) is 0 Å². The Morgan fingerprint density at radius 2 is 2.16 bits per heavy atom. The Labute approximate surface area is 111 Å². The third kappa shape index (κ3) is 3.37. The first kappa shape index (κ1) is 13.2. The number of pyridine rings is 1. The maximum Gasteiger partial charge on any atom is 0.273 e. The van der Waals surface area contributed by atoms with Gasteiger partial charge < -0.3 is 5.32 Å². The van der Waals surface area contributed by atoms with E-state index in [1.165, 1.54) is 0 Å². The van der Waals surface area contributed by atoms with Gasteiger partial charge in [-0.2, -0.15) is 15.4 Å². The first-order valence-corrected chi connectivity index (χ1v) is 6.17. The number of aromatic nitrogens is 4. The summed E-state index contributed by atoms with van der Waals surface area (Å²) in [5.74, 6) is -0.216. The van der Waals surface area contributed by atoms with Crippen molar-refractivity contribution in [2.24, 2.45) is 0 Å². The molecule has 0 aliphatic rings. The Bertz CT molecular complexity index is 578. The number of nitrogens with zero attached hydrogens (tertiary/aromatic N) is 3. The molecule has 6 heteroatoms. The number of rotatable bonds is 4. The molecule has 0 aliphatic carbocycles. The number of hydrogen-bond donors (Lipinski definition) is 2. The molecule has 0 saturated carbocycles. The molecule has 0 saturated heterocycles.